The van der Waals surface area contributed by atoms with E-state index in [-0.39, 0.29) is 30.0 Å². The molecule has 0 radical (unpaired) electrons. The van der Waals surface area contributed by atoms with Gasteiger partial charge in [0.2, 0.25) is 0 Å². The largest absolute Gasteiger partial charge is 0.356 e. The summed E-state index contributed by atoms with van der Waals surface area (Å²) in [4.78, 5) is 6.81. The molecule has 0 heterocycles. The van der Waals surface area contributed by atoms with Crippen LogP contribution in [0.3, 0.4) is 0 Å². The number of hydrogen-bond donors (Lipinski definition) is 2. The van der Waals surface area contributed by atoms with Crippen LogP contribution < -0.4 is 10.6 Å². The SMILES string of the molecule is CN=C(NCCc1ccc(S(C)(=O)=O)cc1)NCC(c1ccccc1)N(C)C.I. The zero-order chi connectivity index (χ0) is 20.6. The van der Waals surface area contributed by atoms with Crippen molar-refractivity contribution in [2.24, 2.45) is 4.99 Å². The van der Waals surface area contributed by atoms with Gasteiger partial charge in [-0.25, -0.2) is 8.42 Å². The van der Waals surface area contributed by atoms with Gasteiger partial charge in [0.1, 0.15) is 0 Å². The summed E-state index contributed by atoms with van der Waals surface area (Å²) < 4.78 is 23.0. The molecule has 0 saturated heterocycles. The molecule has 0 bridgehead atoms. The molecule has 160 valence electrons. The molecule has 29 heavy (non-hydrogen) atoms. The molecule has 0 amide bonds. The number of nitrogens with one attached hydrogen (secondary N) is 2. The average Bonchev–Trinajstić information content (AvgIpc) is 2.67. The summed E-state index contributed by atoms with van der Waals surface area (Å²) in [7, 11) is 2.73. The fraction of sp³-hybridized carbons (Fsp3) is 0.381. The Bertz CT molecular complexity index is 869. The quantitative estimate of drug-likeness (QED) is 0.312. The maximum atomic E-state index is 11.5. The van der Waals surface area contributed by atoms with Gasteiger partial charge in [0.15, 0.2) is 15.8 Å². The molecular formula is C21H31IN4O2S. The van der Waals surface area contributed by atoms with Crippen LogP contribution in [0, 0.1) is 0 Å². The monoisotopic (exact) mass is 530 g/mol. The van der Waals surface area contributed by atoms with E-state index in [1.165, 1.54) is 11.8 Å². The van der Waals surface area contributed by atoms with Gasteiger partial charge in [-0.15, -0.1) is 24.0 Å². The predicted octanol–water partition coefficient (Wildman–Crippen LogP) is 2.72. The van der Waals surface area contributed by atoms with E-state index in [1.54, 1.807) is 19.2 Å². The van der Waals surface area contributed by atoms with Gasteiger partial charge in [-0.1, -0.05) is 42.5 Å². The molecule has 1 unspecified atom stereocenters. The second-order valence-electron chi connectivity index (χ2n) is 6.94. The standard InChI is InChI=1S/C21H30N4O2S.HI/c1-22-21(24-16-20(25(2)3)18-8-6-5-7-9-18)23-15-14-17-10-12-19(13-11-17)28(4,26)27;/h5-13,20H,14-16H2,1-4H3,(H2,22,23,24);1H. The van der Waals surface area contributed by atoms with Crippen molar-refractivity contribution in [1.82, 2.24) is 15.5 Å². The van der Waals surface area contributed by atoms with Crippen LogP contribution in [0.1, 0.15) is 17.2 Å². The summed E-state index contributed by atoms with van der Waals surface area (Å²) in [5.74, 6) is 0.746. The smallest absolute Gasteiger partial charge is 0.191 e. The Morgan fingerprint density at radius 3 is 2.17 bits per heavy atom. The van der Waals surface area contributed by atoms with Crippen LogP contribution in [0.5, 0.6) is 0 Å². The van der Waals surface area contributed by atoms with E-state index in [9.17, 15) is 8.42 Å². The fourth-order valence-corrected chi connectivity index (χ4v) is 3.55. The van der Waals surface area contributed by atoms with Gasteiger partial charge >= 0.3 is 0 Å². The van der Waals surface area contributed by atoms with Gasteiger partial charge in [-0.3, -0.25) is 4.99 Å². The first-order valence-electron chi connectivity index (χ1n) is 9.26. The zero-order valence-electron chi connectivity index (χ0n) is 17.4. The van der Waals surface area contributed by atoms with Crippen molar-refractivity contribution < 1.29 is 8.42 Å². The van der Waals surface area contributed by atoms with Gasteiger partial charge in [0.25, 0.3) is 0 Å². The summed E-state index contributed by atoms with van der Waals surface area (Å²) in [5, 5.41) is 6.69. The van der Waals surface area contributed by atoms with E-state index >= 15 is 0 Å². The predicted molar refractivity (Wildman–Crippen MR) is 131 cm³/mol. The number of likely N-dealkylation sites (N-methyl/N-ethyl adjacent to an activating group) is 1. The minimum absolute atomic E-state index is 0. The Morgan fingerprint density at radius 2 is 1.66 bits per heavy atom. The molecule has 2 N–H and O–H groups in total. The molecule has 8 heteroatoms. The summed E-state index contributed by atoms with van der Waals surface area (Å²) in [6.45, 7) is 1.44. The highest BCUT2D eigenvalue weighted by molar-refractivity contribution is 14.0. The first-order chi connectivity index (χ1) is 13.3. The molecule has 0 aromatic heterocycles. The van der Waals surface area contributed by atoms with Crippen molar-refractivity contribution in [3.63, 3.8) is 0 Å². The Balaban J connectivity index is 0.00000420. The third-order valence-corrected chi connectivity index (χ3v) is 5.68. The van der Waals surface area contributed by atoms with Crippen LogP contribution in [0.2, 0.25) is 0 Å². The Hall–Kier alpha value is -1.65. The van der Waals surface area contributed by atoms with Gasteiger partial charge in [-0.2, -0.15) is 0 Å². The fourth-order valence-electron chi connectivity index (χ4n) is 2.92. The third kappa shape index (κ3) is 8.31. The van der Waals surface area contributed by atoms with Crippen molar-refractivity contribution in [2.75, 3.05) is 40.5 Å². The van der Waals surface area contributed by atoms with E-state index in [1.807, 2.05) is 30.3 Å². The Labute approximate surface area is 191 Å². The van der Waals surface area contributed by atoms with Crippen LogP contribution in [0.25, 0.3) is 0 Å². The summed E-state index contributed by atoms with van der Waals surface area (Å²) in [5.41, 5.74) is 2.33. The lowest BCUT2D eigenvalue weighted by molar-refractivity contribution is 0.298. The van der Waals surface area contributed by atoms with E-state index in [0.29, 0.717) is 11.4 Å². The second-order valence-corrected chi connectivity index (χ2v) is 8.95. The van der Waals surface area contributed by atoms with E-state index in [0.717, 1.165) is 24.5 Å². The number of nitrogens with zero attached hydrogens (tertiary/aromatic N) is 2. The zero-order valence-corrected chi connectivity index (χ0v) is 20.6. The first kappa shape index (κ1) is 25.4. The Kier molecular flexibility index (Phi) is 10.6. The van der Waals surface area contributed by atoms with Crippen molar-refractivity contribution in [3.05, 3.63) is 65.7 Å². The van der Waals surface area contributed by atoms with E-state index < -0.39 is 9.84 Å². The van der Waals surface area contributed by atoms with Crippen LogP contribution in [0.15, 0.2) is 64.5 Å². The molecule has 0 saturated carbocycles. The highest BCUT2D eigenvalue weighted by Gasteiger charge is 2.14. The molecule has 6 nitrogen and oxygen atoms in total. The molecule has 0 aliphatic heterocycles. The molecular weight excluding hydrogens is 499 g/mol. The van der Waals surface area contributed by atoms with Gasteiger partial charge < -0.3 is 15.5 Å². The van der Waals surface area contributed by atoms with Crippen molar-refractivity contribution in [1.29, 1.82) is 0 Å². The molecule has 2 aromatic carbocycles. The van der Waals surface area contributed by atoms with Crippen molar-refractivity contribution >= 4 is 39.8 Å². The minimum Gasteiger partial charge on any atom is -0.356 e. The van der Waals surface area contributed by atoms with Crippen LogP contribution >= 0.6 is 24.0 Å². The van der Waals surface area contributed by atoms with Gasteiger partial charge in [0.05, 0.1) is 10.9 Å². The van der Waals surface area contributed by atoms with E-state index in [4.69, 9.17) is 0 Å². The lowest BCUT2D eigenvalue weighted by atomic mass is 10.1. The lowest BCUT2D eigenvalue weighted by Gasteiger charge is -2.26. The van der Waals surface area contributed by atoms with Crippen LogP contribution in [-0.4, -0.2) is 59.8 Å². The maximum absolute atomic E-state index is 11.5. The number of benzene rings is 2. The highest BCUT2D eigenvalue weighted by Crippen LogP contribution is 2.16. The summed E-state index contributed by atoms with van der Waals surface area (Å²) in [6.07, 6.45) is 2.00. The van der Waals surface area contributed by atoms with Crippen LogP contribution in [-0.2, 0) is 16.3 Å². The minimum atomic E-state index is -3.15. The molecule has 0 fully saturated rings. The van der Waals surface area contributed by atoms with Gasteiger partial charge in [-0.05, 0) is 43.8 Å². The third-order valence-electron chi connectivity index (χ3n) is 4.55. The number of sulfone groups is 1. The molecule has 0 aliphatic carbocycles. The normalized spacial score (nSPS) is 12.9. The maximum Gasteiger partial charge on any atom is 0.191 e. The topological polar surface area (TPSA) is 73.8 Å². The number of guanidine groups is 1. The first-order valence-corrected chi connectivity index (χ1v) is 11.2. The van der Waals surface area contributed by atoms with Crippen molar-refractivity contribution in [3.8, 4) is 0 Å². The molecule has 2 rings (SSSR count). The number of halogens is 1. The van der Waals surface area contributed by atoms with Gasteiger partial charge in [0, 0.05) is 26.4 Å². The van der Waals surface area contributed by atoms with Crippen molar-refractivity contribution in [2.45, 2.75) is 17.4 Å². The number of hydrogen-bond acceptors (Lipinski definition) is 4. The lowest BCUT2D eigenvalue weighted by Crippen LogP contribution is -2.42. The summed E-state index contributed by atoms with van der Waals surface area (Å²) >= 11 is 0. The Morgan fingerprint density at radius 1 is 1.03 bits per heavy atom. The molecule has 1 atom stereocenters. The molecule has 2 aromatic rings. The molecule has 0 aliphatic rings. The average molecular weight is 530 g/mol. The van der Waals surface area contributed by atoms with E-state index in [2.05, 4.69) is 46.8 Å². The second kappa shape index (κ2) is 12.1. The highest BCUT2D eigenvalue weighted by atomic mass is 127. The molecule has 0 spiro atoms. The number of rotatable bonds is 8. The summed E-state index contributed by atoms with van der Waals surface area (Å²) in [6, 6.07) is 17.6. The number of aliphatic imine (C=N–C) groups is 1. The van der Waals surface area contributed by atoms with Crippen LogP contribution in [0.4, 0.5) is 0 Å².